The van der Waals surface area contributed by atoms with Crippen LogP contribution in [0.4, 0.5) is 0 Å². The van der Waals surface area contributed by atoms with Gasteiger partial charge in [-0.2, -0.15) is 0 Å². The Bertz CT molecular complexity index is 581. The van der Waals surface area contributed by atoms with Crippen LogP contribution in [0.25, 0.3) is 0 Å². The zero-order valence-corrected chi connectivity index (χ0v) is 17.1. The predicted molar refractivity (Wildman–Crippen MR) is 94.7 cm³/mol. The normalized spacial score (nSPS) is 23.5. The van der Waals surface area contributed by atoms with Crippen molar-refractivity contribution < 1.29 is 38.1 Å². The van der Waals surface area contributed by atoms with E-state index < -0.39 is 47.0 Å². The molecule has 0 saturated carbocycles. The fraction of sp³-hybridized carbons (Fsp3) is 0.789. The summed E-state index contributed by atoms with van der Waals surface area (Å²) in [6, 6.07) is 0. The standard InChI is InChI=1S/C19H30O8/c1-11(20)26-15-13(21)8-12(9-24-16(22)18(2,3)4)27-14(15)10-25-17(23)19(5,6)7/h12,14-15H,8-10H2,1-7H3/t12-,14-,15-/m1/s1. The lowest BCUT2D eigenvalue weighted by atomic mass is 9.96. The molecule has 1 aliphatic rings. The molecule has 0 aliphatic carbocycles. The van der Waals surface area contributed by atoms with Gasteiger partial charge in [0.15, 0.2) is 11.9 Å². The summed E-state index contributed by atoms with van der Waals surface area (Å²) in [5.74, 6) is -1.90. The van der Waals surface area contributed by atoms with Crippen LogP contribution in [0.3, 0.4) is 0 Å². The number of Topliss-reactive ketones (excluding diaryl/α,β-unsaturated/α-hetero) is 1. The van der Waals surface area contributed by atoms with E-state index in [0.717, 1.165) is 0 Å². The molecule has 27 heavy (non-hydrogen) atoms. The molecule has 1 aliphatic heterocycles. The molecule has 0 aromatic carbocycles. The fourth-order valence-corrected chi connectivity index (χ4v) is 2.22. The van der Waals surface area contributed by atoms with Crippen LogP contribution in [-0.2, 0) is 38.1 Å². The molecule has 0 aromatic rings. The maximum Gasteiger partial charge on any atom is 0.311 e. The Kier molecular flexibility index (Phi) is 7.54. The Balaban J connectivity index is 2.79. The van der Waals surface area contributed by atoms with E-state index in [1.807, 2.05) is 0 Å². The zero-order valence-electron chi connectivity index (χ0n) is 17.1. The third-order valence-corrected chi connectivity index (χ3v) is 3.75. The molecule has 1 fully saturated rings. The minimum Gasteiger partial charge on any atom is -0.463 e. The third-order valence-electron chi connectivity index (χ3n) is 3.75. The van der Waals surface area contributed by atoms with Crippen molar-refractivity contribution in [3.63, 3.8) is 0 Å². The molecule has 0 unspecified atom stereocenters. The first-order valence-corrected chi connectivity index (χ1v) is 8.91. The molecule has 1 heterocycles. The van der Waals surface area contributed by atoms with Gasteiger partial charge in [0, 0.05) is 13.3 Å². The van der Waals surface area contributed by atoms with Crippen LogP contribution >= 0.6 is 0 Å². The van der Waals surface area contributed by atoms with Gasteiger partial charge in [0.05, 0.1) is 16.9 Å². The summed E-state index contributed by atoms with van der Waals surface area (Å²) in [6.45, 7) is 11.1. The molecule has 0 spiro atoms. The molecule has 8 heteroatoms. The average Bonchev–Trinajstić information content (AvgIpc) is 2.50. The molecule has 0 N–H and O–H groups in total. The Morgan fingerprint density at radius 1 is 0.963 bits per heavy atom. The van der Waals surface area contributed by atoms with Crippen molar-refractivity contribution in [1.82, 2.24) is 0 Å². The Morgan fingerprint density at radius 2 is 1.44 bits per heavy atom. The first kappa shape index (κ1) is 23.1. The lowest BCUT2D eigenvalue weighted by Crippen LogP contribution is -2.51. The van der Waals surface area contributed by atoms with E-state index in [1.165, 1.54) is 6.92 Å². The van der Waals surface area contributed by atoms with Crippen LogP contribution in [0.2, 0.25) is 0 Å². The number of carbonyl (C=O) groups excluding carboxylic acids is 4. The lowest BCUT2D eigenvalue weighted by Gasteiger charge is -2.35. The number of ketones is 1. The monoisotopic (exact) mass is 386 g/mol. The summed E-state index contributed by atoms with van der Waals surface area (Å²) in [5, 5.41) is 0. The van der Waals surface area contributed by atoms with Gasteiger partial charge in [0.2, 0.25) is 0 Å². The minimum absolute atomic E-state index is 0.0704. The van der Waals surface area contributed by atoms with Crippen LogP contribution in [0.15, 0.2) is 0 Å². The molecular formula is C19H30O8. The van der Waals surface area contributed by atoms with Crippen LogP contribution in [0, 0.1) is 10.8 Å². The van der Waals surface area contributed by atoms with E-state index in [-0.39, 0.29) is 25.4 Å². The van der Waals surface area contributed by atoms with E-state index in [2.05, 4.69) is 0 Å². The summed E-state index contributed by atoms with van der Waals surface area (Å²) in [4.78, 5) is 47.6. The van der Waals surface area contributed by atoms with Gasteiger partial charge in [-0.05, 0) is 41.5 Å². The Hall–Kier alpha value is -1.96. The molecule has 0 aromatic heterocycles. The molecule has 1 saturated heterocycles. The largest absolute Gasteiger partial charge is 0.463 e. The summed E-state index contributed by atoms with van der Waals surface area (Å²) in [5.41, 5.74) is -1.40. The maximum atomic E-state index is 12.4. The van der Waals surface area contributed by atoms with Crippen molar-refractivity contribution >= 4 is 23.7 Å². The van der Waals surface area contributed by atoms with E-state index in [9.17, 15) is 19.2 Å². The lowest BCUT2D eigenvalue weighted by molar-refractivity contribution is -0.194. The van der Waals surface area contributed by atoms with E-state index in [4.69, 9.17) is 18.9 Å². The number of ether oxygens (including phenoxy) is 4. The smallest absolute Gasteiger partial charge is 0.311 e. The number of hydrogen-bond acceptors (Lipinski definition) is 8. The fourth-order valence-electron chi connectivity index (χ4n) is 2.22. The second-order valence-corrected chi connectivity index (χ2v) is 8.69. The van der Waals surface area contributed by atoms with Crippen LogP contribution in [0.1, 0.15) is 54.9 Å². The second-order valence-electron chi connectivity index (χ2n) is 8.69. The highest BCUT2D eigenvalue weighted by atomic mass is 16.6. The average molecular weight is 386 g/mol. The molecule has 3 atom stereocenters. The Labute approximate surface area is 159 Å². The summed E-state index contributed by atoms with van der Waals surface area (Å²) < 4.78 is 21.2. The van der Waals surface area contributed by atoms with Gasteiger partial charge in [0.1, 0.15) is 19.3 Å². The summed E-state index contributed by atoms with van der Waals surface area (Å²) >= 11 is 0. The maximum absolute atomic E-state index is 12.4. The number of esters is 3. The van der Waals surface area contributed by atoms with E-state index in [1.54, 1.807) is 41.5 Å². The minimum atomic E-state index is -1.16. The van der Waals surface area contributed by atoms with Gasteiger partial charge < -0.3 is 18.9 Å². The summed E-state index contributed by atoms with van der Waals surface area (Å²) in [6.07, 6.45) is -2.89. The highest BCUT2D eigenvalue weighted by Crippen LogP contribution is 2.23. The van der Waals surface area contributed by atoms with Crippen molar-refractivity contribution in [2.45, 2.75) is 73.2 Å². The van der Waals surface area contributed by atoms with Gasteiger partial charge in [-0.1, -0.05) is 0 Å². The first-order chi connectivity index (χ1) is 12.2. The zero-order chi connectivity index (χ0) is 21.0. The number of rotatable bonds is 5. The van der Waals surface area contributed by atoms with E-state index >= 15 is 0 Å². The second kappa shape index (κ2) is 8.82. The van der Waals surface area contributed by atoms with Gasteiger partial charge in [-0.25, -0.2) is 0 Å². The van der Waals surface area contributed by atoms with Crippen molar-refractivity contribution in [1.29, 1.82) is 0 Å². The van der Waals surface area contributed by atoms with Gasteiger partial charge >= 0.3 is 17.9 Å². The molecule has 1 rings (SSSR count). The van der Waals surface area contributed by atoms with Crippen LogP contribution in [-0.4, -0.2) is 55.2 Å². The third kappa shape index (κ3) is 7.28. The highest BCUT2D eigenvalue weighted by Gasteiger charge is 2.42. The van der Waals surface area contributed by atoms with Crippen LogP contribution < -0.4 is 0 Å². The van der Waals surface area contributed by atoms with E-state index in [0.29, 0.717) is 0 Å². The van der Waals surface area contributed by atoms with Gasteiger partial charge in [-0.15, -0.1) is 0 Å². The molecule has 8 nitrogen and oxygen atoms in total. The molecule has 154 valence electrons. The molecule has 0 radical (unpaired) electrons. The number of hydrogen-bond donors (Lipinski definition) is 0. The molecule has 0 bridgehead atoms. The van der Waals surface area contributed by atoms with Crippen molar-refractivity contribution in [2.75, 3.05) is 13.2 Å². The quantitative estimate of drug-likeness (QED) is 0.520. The number of carbonyl (C=O) groups is 4. The topological polar surface area (TPSA) is 105 Å². The van der Waals surface area contributed by atoms with Crippen molar-refractivity contribution in [2.24, 2.45) is 10.8 Å². The van der Waals surface area contributed by atoms with Gasteiger partial charge in [0.25, 0.3) is 0 Å². The van der Waals surface area contributed by atoms with Crippen molar-refractivity contribution in [3.05, 3.63) is 0 Å². The van der Waals surface area contributed by atoms with Crippen LogP contribution in [0.5, 0.6) is 0 Å². The predicted octanol–water partition coefficient (Wildman–Crippen LogP) is 1.82. The SMILES string of the molecule is CC(=O)O[C@@H]1C(=O)C[C@H](COC(=O)C(C)(C)C)O[C@@H]1COC(=O)C(C)(C)C. The van der Waals surface area contributed by atoms with Gasteiger partial charge in [-0.3, -0.25) is 19.2 Å². The molecule has 0 amide bonds. The molecular weight excluding hydrogens is 356 g/mol. The highest BCUT2D eigenvalue weighted by molar-refractivity contribution is 5.87. The Morgan fingerprint density at radius 3 is 1.89 bits per heavy atom. The first-order valence-electron chi connectivity index (χ1n) is 8.91. The van der Waals surface area contributed by atoms with Crippen molar-refractivity contribution in [3.8, 4) is 0 Å². The summed E-state index contributed by atoms with van der Waals surface area (Å²) in [7, 11) is 0.